The van der Waals surface area contributed by atoms with Crippen molar-refractivity contribution in [3.05, 3.63) is 83.0 Å². The molecule has 2 aromatic carbocycles. The predicted molar refractivity (Wildman–Crippen MR) is 96.1 cm³/mol. The Labute approximate surface area is 143 Å². The minimum absolute atomic E-state index is 0.611. The molecule has 0 spiro atoms. The van der Waals surface area contributed by atoms with Gasteiger partial charge in [0, 0.05) is 22.3 Å². The molecule has 2 nitrogen and oxygen atoms in total. The van der Waals surface area contributed by atoms with Gasteiger partial charge in [-0.25, -0.2) is 4.98 Å². The van der Waals surface area contributed by atoms with Crippen LogP contribution in [0, 0.1) is 0 Å². The number of imidazole rings is 1. The largest absolute Gasteiger partial charge is 0.299 e. The van der Waals surface area contributed by atoms with E-state index < -0.39 is 0 Å². The van der Waals surface area contributed by atoms with E-state index >= 15 is 0 Å². The molecule has 0 atom stereocenters. The molecule has 112 valence electrons. The van der Waals surface area contributed by atoms with Gasteiger partial charge in [-0.15, -0.1) is 0 Å². The van der Waals surface area contributed by atoms with E-state index in [4.69, 9.17) is 28.2 Å². The zero-order valence-electron chi connectivity index (χ0n) is 12.1. The fourth-order valence-corrected chi connectivity index (χ4v) is 3.23. The first-order chi connectivity index (χ1) is 11.2. The van der Waals surface area contributed by atoms with Gasteiger partial charge in [0.2, 0.25) is 0 Å². The third kappa shape index (κ3) is 2.50. The van der Waals surface area contributed by atoms with Gasteiger partial charge in [0.05, 0.1) is 16.4 Å². The molecule has 0 N–H and O–H groups in total. The summed E-state index contributed by atoms with van der Waals surface area (Å²) in [6, 6.07) is 21.6. The molecule has 4 aromatic rings. The number of hydrogen-bond acceptors (Lipinski definition) is 1. The van der Waals surface area contributed by atoms with Crippen molar-refractivity contribution >= 4 is 28.8 Å². The number of rotatable bonds is 2. The van der Waals surface area contributed by atoms with Crippen molar-refractivity contribution in [3.8, 4) is 22.5 Å². The highest BCUT2D eigenvalue weighted by Gasteiger charge is 2.17. The summed E-state index contributed by atoms with van der Waals surface area (Å²) >= 11 is 12.5. The predicted octanol–water partition coefficient (Wildman–Crippen LogP) is 5.98. The highest BCUT2D eigenvalue weighted by atomic mass is 35.5. The van der Waals surface area contributed by atoms with Crippen molar-refractivity contribution in [2.24, 2.45) is 0 Å². The van der Waals surface area contributed by atoms with Crippen LogP contribution in [0.1, 0.15) is 0 Å². The zero-order chi connectivity index (χ0) is 15.8. The molecule has 0 aliphatic carbocycles. The molecule has 0 aliphatic heterocycles. The lowest BCUT2D eigenvalue weighted by Crippen LogP contribution is -1.90. The van der Waals surface area contributed by atoms with Gasteiger partial charge in [0.25, 0.3) is 0 Å². The monoisotopic (exact) mass is 338 g/mol. The number of aromatic nitrogens is 2. The summed E-state index contributed by atoms with van der Waals surface area (Å²) in [5, 5.41) is 1.23. The van der Waals surface area contributed by atoms with E-state index in [-0.39, 0.29) is 0 Å². The molecule has 4 heteroatoms. The number of fused-ring (bicyclic) bond motifs is 1. The summed E-state index contributed by atoms with van der Waals surface area (Å²) in [6.45, 7) is 0. The van der Waals surface area contributed by atoms with Crippen molar-refractivity contribution < 1.29 is 0 Å². The molecular weight excluding hydrogens is 327 g/mol. The second kappa shape index (κ2) is 5.73. The molecule has 0 radical (unpaired) electrons. The van der Waals surface area contributed by atoms with Crippen LogP contribution in [0.15, 0.2) is 72.9 Å². The van der Waals surface area contributed by atoms with Crippen molar-refractivity contribution in [1.82, 2.24) is 9.38 Å². The molecule has 0 fully saturated rings. The summed E-state index contributed by atoms with van der Waals surface area (Å²) in [7, 11) is 0. The Morgan fingerprint density at radius 2 is 1.61 bits per heavy atom. The smallest absolute Gasteiger partial charge is 0.137 e. The molecule has 0 bridgehead atoms. The minimum Gasteiger partial charge on any atom is -0.299 e. The fourth-order valence-electron chi connectivity index (χ4n) is 2.73. The summed E-state index contributed by atoms with van der Waals surface area (Å²) in [6.07, 6.45) is 2.00. The first-order valence-corrected chi connectivity index (χ1v) is 7.97. The van der Waals surface area contributed by atoms with Gasteiger partial charge in [-0.05, 0) is 30.3 Å². The van der Waals surface area contributed by atoms with Crippen LogP contribution in [0.2, 0.25) is 10.0 Å². The van der Waals surface area contributed by atoms with Crippen molar-refractivity contribution in [1.29, 1.82) is 0 Å². The van der Waals surface area contributed by atoms with Gasteiger partial charge in [0.1, 0.15) is 5.65 Å². The Bertz CT molecular complexity index is 991. The van der Waals surface area contributed by atoms with Crippen LogP contribution in [-0.4, -0.2) is 9.38 Å². The van der Waals surface area contributed by atoms with Crippen molar-refractivity contribution in [2.75, 3.05) is 0 Å². The van der Waals surface area contributed by atoms with Gasteiger partial charge >= 0.3 is 0 Å². The van der Waals surface area contributed by atoms with E-state index in [1.165, 1.54) is 0 Å². The minimum atomic E-state index is 0.611. The number of pyridine rings is 1. The summed E-state index contributed by atoms with van der Waals surface area (Å²) in [4.78, 5) is 4.79. The third-order valence-corrected chi connectivity index (χ3v) is 4.31. The Morgan fingerprint density at radius 1 is 0.826 bits per heavy atom. The fraction of sp³-hybridized carbons (Fsp3) is 0. The van der Waals surface area contributed by atoms with Crippen LogP contribution in [0.3, 0.4) is 0 Å². The van der Waals surface area contributed by atoms with Gasteiger partial charge in [0.15, 0.2) is 0 Å². The maximum absolute atomic E-state index is 6.46. The lowest BCUT2D eigenvalue weighted by Gasteiger charge is -2.08. The second-order valence-electron chi connectivity index (χ2n) is 5.23. The van der Waals surface area contributed by atoms with Crippen LogP contribution < -0.4 is 0 Å². The normalized spacial score (nSPS) is 11.0. The first kappa shape index (κ1) is 14.3. The lowest BCUT2D eigenvalue weighted by molar-refractivity contribution is 1.19. The first-order valence-electron chi connectivity index (χ1n) is 7.22. The van der Waals surface area contributed by atoms with Crippen LogP contribution in [0.4, 0.5) is 0 Å². The van der Waals surface area contributed by atoms with E-state index in [1.807, 2.05) is 54.7 Å². The molecule has 0 unspecified atom stereocenters. The molecule has 2 aromatic heterocycles. The number of benzene rings is 2. The standard InChI is InChI=1S/C19H12Cl2N2/c20-14-9-10-15(16(21)12-14)19-18(13-6-2-1-3-7-13)22-17-8-4-5-11-23(17)19/h1-12H. The molecular formula is C19H12Cl2N2. The van der Waals surface area contributed by atoms with Crippen LogP contribution in [0.25, 0.3) is 28.2 Å². The van der Waals surface area contributed by atoms with Crippen LogP contribution in [-0.2, 0) is 0 Å². The topological polar surface area (TPSA) is 17.3 Å². The molecule has 23 heavy (non-hydrogen) atoms. The Kier molecular flexibility index (Phi) is 3.56. The van der Waals surface area contributed by atoms with Crippen LogP contribution >= 0.6 is 23.2 Å². The SMILES string of the molecule is Clc1ccc(-c2c(-c3ccccc3)nc3ccccn23)c(Cl)c1. The van der Waals surface area contributed by atoms with Gasteiger partial charge in [-0.1, -0.05) is 59.6 Å². The van der Waals surface area contributed by atoms with Gasteiger partial charge in [-0.2, -0.15) is 0 Å². The van der Waals surface area contributed by atoms with Crippen LogP contribution in [0.5, 0.6) is 0 Å². The lowest BCUT2D eigenvalue weighted by atomic mass is 10.0. The summed E-state index contributed by atoms with van der Waals surface area (Å²) in [5.41, 5.74) is 4.72. The quantitative estimate of drug-likeness (QED) is 0.439. The van der Waals surface area contributed by atoms with E-state index in [0.29, 0.717) is 10.0 Å². The van der Waals surface area contributed by atoms with E-state index in [9.17, 15) is 0 Å². The van der Waals surface area contributed by atoms with Crippen molar-refractivity contribution in [2.45, 2.75) is 0 Å². The molecule has 0 saturated carbocycles. The average Bonchev–Trinajstić information content (AvgIpc) is 2.95. The Morgan fingerprint density at radius 3 is 2.39 bits per heavy atom. The molecule has 2 heterocycles. The van der Waals surface area contributed by atoms with E-state index in [2.05, 4.69) is 16.5 Å². The molecule has 0 amide bonds. The highest BCUT2D eigenvalue weighted by molar-refractivity contribution is 6.36. The molecule has 0 saturated heterocycles. The van der Waals surface area contributed by atoms with E-state index in [1.54, 1.807) is 6.07 Å². The zero-order valence-corrected chi connectivity index (χ0v) is 13.6. The number of hydrogen-bond donors (Lipinski definition) is 0. The molecule has 0 aliphatic rings. The van der Waals surface area contributed by atoms with Gasteiger partial charge < -0.3 is 0 Å². The number of nitrogens with zero attached hydrogens (tertiary/aromatic N) is 2. The Balaban J connectivity index is 2.08. The second-order valence-corrected chi connectivity index (χ2v) is 6.07. The third-order valence-electron chi connectivity index (χ3n) is 3.76. The highest BCUT2D eigenvalue weighted by Crippen LogP contribution is 2.37. The maximum atomic E-state index is 6.46. The Hall–Kier alpha value is -2.29. The van der Waals surface area contributed by atoms with E-state index in [0.717, 1.165) is 28.2 Å². The van der Waals surface area contributed by atoms with Crippen molar-refractivity contribution in [3.63, 3.8) is 0 Å². The summed E-state index contributed by atoms with van der Waals surface area (Å²) < 4.78 is 2.05. The number of halogens is 2. The molecule has 4 rings (SSSR count). The summed E-state index contributed by atoms with van der Waals surface area (Å²) in [5.74, 6) is 0. The average molecular weight is 339 g/mol. The van der Waals surface area contributed by atoms with Gasteiger partial charge in [-0.3, -0.25) is 4.40 Å². The maximum Gasteiger partial charge on any atom is 0.137 e.